The van der Waals surface area contributed by atoms with Crippen molar-refractivity contribution >= 4 is 12.2 Å². The third-order valence-electron chi connectivity index (χ3n) is 2.85. The monoisotopic (exact) mass is 293 g/mol. The van der Waals surface area contributed by atoms with E-state index in [1.807, 2.05) is 13.8 Å². The molecule has 0 aromatic heterocycles. The number of nitrogens with two attached hydrogens (primary N) is 1. The summed E-state index contributed by atoms with van der Waals surface area (Å²) in [5, 5.41) is 0. The number of carbonyl (C=O) groups excluding carboxylic acids is 2. The van der Waals surface area contributed by atoms with Gasteiger partial charge in [-0.1, -0.05) is 38.1 Å². The average molecular weight is 293 g/mol. The van der Waals surface area contributed by atoms with Gasteiger partial charge in [0.1, 0.15) is 6.29 Å². The van der Waals surface area contributed by atoms with Crippen LogP contribution in [0.5, 0.6) is 0 Å². The molecule has 116 valence electrons. The molecule has 2 N–H and O–H groups in total. The van der Waals surface area contributed by atoms with E-state index in [0.29, 0.717) is 18.1 Å². The lowest BCUT2D eigenvalue weighted by Gasteiger charge is -2.23. The Hall–Kier alpha value is -1.72. The highest BCUT2D eigenvalue weighted by Crippen LogP contribution is 2.23. The first kappa shape index (κ1) is 17.3. The summed E-state index contributed by atoms with van der Waals surface area (Å²) >= 11 is 0. The van der Waals surface area contributed by atoms with Crippen LogP contribution >= 0.6 is 0 Å². The van der Waals surface area contributed by atoms with Gasteiger partial charge in [-0.05, 0) is 18.4 Å². The zero-order valence-electron chi connectivity index (χ0n) is 12.7. The first-order valence-corrected chi connectivity index (χ1v) is 7.03. The fourth-order valence-corrected chi connectivity index (χ4v) is 1.82. The van der Waals surface area contributed by atoms with Crippen molar-refractivity contribution in [3.8, 4) is 0 Å². The van der Waals surface area contributed by atoms with Gasteiger partial charge in [-0.3, -0.25) is 9.59 Å². The number of hydrogen-bond acceptors (Lipinski definition) is 4. The predicted octanol–water partition coefficient (Wildman–Crippen LogP) is 2.45. The smallest absolute Gasteiger partial charge is 0.220 e. The largest absolute Gasteiger partial charge is 0.370 e. The highest BCUT2D eigenvalue weighted by molar-refractivity contribution is 5.75. The molecule has 0 fully saturated rings. The molecule has 2 unspecified atom stereocenters. The third kappa shape index (κ3) is 6.51. The maximum absolute atomic E-state index is 11.2. The second-order valence-electron chi connectivity index (χ2n) is 5.37. The van der Waals surface area contributed by atoms with Crippen LogP contribution < -0.4 is 5.73 Å². The molecule has 1 aromatic carbocycles. The van der Waals surface area contributed by atoms with Crippen LogP contribution in [-0.2, 0) is 14.3 Å². The van der Waals surface area contributed by atoms with E-state index in [1.54, 1.807) is 31.2 Å². The minimum atomic E-state index is -0.481. The molecule has 21 heavy (non-hydrogen) atoms. The summed E-state index contributed by atoms with van der Waals surface area (Å²) in [4.78, 5) is 21.9. The van der Waals surface area contributed by atoms with Gasteiger partial charge in [-0.2, -0.15) is 0 Å². The Morgan fingerprint density at radius 2 is 1.86 bits per heavy atom. The van der Waals surface area contributed by atoms with E-state index in [2.05, 4.69) is 0 Å². The van der Waals surface area contributed by atoms with Crippen LogP contribution in [0.25, 0.3) is 0 Å². The molecule has 2 atom stereocenters. The molecule has 0 bridgehead atoms. The van der Waals surface area contributed by atoms with Gasteiger partial charge >= 0.3 is 0 Å². The van der Waals surface area contributed by atoms with Crippen molar-refractivity contribution < 1.29 is 19.1 Å². The van der Waals surface area contributed by atoms with E-state index >= 15 is 0 Å². The fourth-order valence-electron chi connectivity index (χ4n) is 1.82. The number of carbonyl (C=O) groups is 2. The average Bonchev–Trinajstić information content (AvgIpc) is 2.44. The molecule has 1 aromatic rings. The van der Waals surface area contributed by atoms with Crippen molar-refractivity contribution in [1.29, 1.82) is 0 Å². The van der Waals surface area contributed by atoms with E-state index in [9.17, 15) is 9.59 Å². The molecule has 0 aliphatic rings. The van der Waals surface area contributed by atoms with Gasteiger partial charge in [0.15, 0.2) is 6.29 Å². The number of primary amides is 1. The normalized spacial score (nSPS) is 13.9. The highest BCUT2D eigenvalue weighted by atomic mass is 16.7. The van der Waals surface area contributed by atoms with E-state index in [4.69, 9.17) is 15.2 Å². The van der Waals surface area contributed by atoms with Crippen LogP contribution in [0.3, 0.4) is 0 Å². The zero-order chi connectivity index (χ0) is 15.8. The lowest BCUT2D eigenvalue weighted by atomic mass is 10.0. The van der Waals surface area contributed by atoms with Crippen LogP contribution in [-0.4, -0.2) is 25.1 Å². The van der Waals surface area contributed by atoms with Gasteiger partial charge in [0.25, 0.3) is 0 Å². The topological polar surface area (TPSA) is 78.6 Å². The Bertz CT molecular complexity index is 456. The van der Waals surface area contributed by atoms with Gasteiger partial charge in [-0.15, -0.1) is 0 Å². The van der Waals surface area contributed by atoms with Gasteiger partial charge in [0.05, 0.1) is 19.1 Å². The molecule has 0 aliphatic carbocycles. The van der Waals surface area contributed by atoms with Crippen molar-refractivity contribution in [2.45, 2.75) is 39.6 Å². The van der Waals surface area contributed by atoms with Crippen LogP contribution in [0.1, 0.15) is 49.2 Å². The molecular weight excluding hydrogens is 270 g/mol. The summed E-state index contributed by atoms with van der Waals surface area (Å²) in [6.07, 6.45) is -0.0920. The molecule has 0 aliphatic heterocycles. The molecule has 0 radical (unpaired) electrons. The SMILES string of the molecule is CC(C)COC(C)OC(CC(N)=O)c1ccc(C=O)cc1. The van der Waals surface area contributed by atoms with Crippen molar-refractivity contribution in [2.24, 2.45) is 11.7 Å². The summed E-state index contributed by atoms with van der Waals surface area (Å²) in [6, 6.07) is 6.87. The van der Waals surface area contributed by atoms with Crippen molar-refractivity contribution in [1.82, 2.24) is 0 Å². The van der Waals surface area contributed by atoms with E-state index < -0.39 is 18.3 Å². The van der Waals surface area contributed by atoms with Gasteiger partial charge in [0.2, 0.25) is 5.91 Å². The molecule has 1 amide bonds. The second-order valence-corrected chi connectivity index (χ2v) is 5.37. The summed E-state index contributed by atoms with van der Waals surface area (Å²) in [5.74, 6) is -0.0481. The number of aldehydes is 1. The Labute approximate surface area is 125 Å². The molecule has 0 heterocycles. The lowest BCUT2D eigenvalue weighted by Crippen LogP contribution is -2.23. The van der Waals surface area contributed by atoms with Crippen molar-refractivity contribution in [3.63, 3.8) is 0 Å². The standard InChI is InChI=1S/C16H23NO4/c1-11(2)10-20-12(3)21-15(8-16(17)19)14-6-4-13(9-18)5-7-14/h4-7,9,11-12,15H,8,10H2,1-3H3,(H2,17,19). The van der Waals surface area contributed by atoms with E-state index in [0.717, 1.165) is 11.8 Å². The Kier molecular flexibility index (Phi) is 7.05. The van der Waals surface area contributed by atoms with Crippen molar-refractivity contribution in [3.05, 3.63) is 35.4 Å². The molecular formula is C16H23NO4. The number of ether oxygens (including phenoxy) is 2. The second kappa shape index (κ2) is 8.54. The summed E-state index contributed by atoms with van der Waals surface area (Å²) in [7, 11) is 0. The first-order chi connectivity index (χ1) is 9.92. The van der Waals surface area contributed by atoms with Gasteiger partial charge < -0.3 is 15.2 Å². The number of amides is 1. The van der Waals surface area contributed by atoms with Gasteiger partial charge in [0, 0.05) is 5.56 Å². The third-order valence-corrected chi connectivity index (χ3v) is 2.85. The Morgan fingerprint density at radius 1 is 1.24 bits per heavy atom. The summed E-state index contributed by atoms with van der Waals surface area (Å²) < 4.78 is 11.3. The van der Waals surface area contributed by atoms with Crippen LogP contribution in [0.15, 0.2) is 24.3 Å². The minimum absolute atomic E-state index is 0.0653. The lowest BCUT2D eigenvalue weighted by molar-refractivity contribution is -0.170. The predicted molar refractivity (Wildman–Crippen MR) is 79.7 cm³/mol. The highest BCUT2D eigenvalue weighted by Gasteiger charge is 2.18. The molecule has 1 rings (SSSR count). The van der Waals surface area contributed by atoms with Gasteiger partial charge in [-0.25, -0.2) is 0 Å². The number of benzene rings is 1. The Balaban J connectivity index is 2.74. The fraction of sp³-hybridized carbons (Fsp3) is 0.500. The molecule has 0 spiro atoms. The molecule has 5 nitrogen and oxygen atoms in total. The Morgan fingerprint density at radius 3 is 2.33 bits per heavy atom. The van der Waals surface area contributed by atoms with Crippen LogP contribution in [0.2, 0.25) is 0 Å². The molecule has 0 saturated carbocycles. The van der Waals surface area contributed by atoms with Crippen LogP contribution in [0, 0.1) is 5.92 Å². The van der Waals surface area contributed by atoms with Crippen molar-refractivity contribution in [2.75, 3.05) is 6.61 Å². The van der Waals surface area contributed by atoms with E-state index in [1.165, 1.54) is 0 Å². The minimum Gasteiger partial charge on any atom is -0.370 e. The number of rotatable bonds is 9. The maximum Gasteiger partial charge on any atom is 0.220 e. The first-order valence-electron chi connectivity index (χ1n) is 7.03. The summed E-state index contributed by atoms with van der Waals surface area (Å²) in [6.45, 7) is 6.46. The van der Waals surface area contributed by atoms with Crippen LogP contribution in [0.4, 0.5) is 0 Å². The summed E-state index contributed by atoms with van der Waals surface area (Å²) in [5.41, 5.74) is 6.63. The zero-order valence-corrected chi connectivity index (χ0v) is 12.7. The van der Waals surface area contributed by atoms with E-state index in [-0.39, 0.29) is 6.42 Å². The molecule has 5 heteroatoms. The number of hydrogen-bond donors (Lipinski definition) is 1. The quantitative estimate of drug-likeness (QED) is 0.560. The maximum atomic E-state index is 11.2. The molecule has 0 saturated heterocycles.